The first-order chi connectivity index (χ1) is 15.3. The van der Waals surface area contributed by atoms with Gasteiger partial charge in [0, 0.05) is 30.4 Å². The first kappa shape index (κ1) is 21.4. The maximum atomic E-state index is 2.41. The van der Waals surface area contributed by atoms with Crippen LogP contribution in [0.15, 0.2) is 60.9 Å². The van der Waals surface area contributed by atoms with Crippen LogP contribution in [-0.2, 0) is 19.8 Å². The summed E-state index contributed by atoms with van der Waals surface area (Å²) in [5.74, 6) is 0. The molecule has 0 unspecified atom stereocenters. The molecule has 0 saturated heterocycles. The Bertz CT molecular complexity index is 1050. The summed E-state index contributed by atoms with van der Waals surface area (Å²) >= 11 is 0. The van der Waals surface area contributed by atoms with Crippen LogP contribution in [-0.4, -0.2) is 37.3 Å². The molecule has 0 aliphatic carbocycles. The van der Waals surface area contributed by atoms with Crippen molar-refractivity contribution in [1.29, 1.82) is 0 Å². The SMILES string of the molecule is CCCCCC[N+]1=Cc2cccn2C1.CCCc1ccccc1[N+]1=Cc2cccn2C1. The molecule has 0 fully saturated rings. The second-order valence-corrected chi connectivity index (χ2v) is 8.57. The summed E-state index contributed by atoms with van der Waals surface area (Å²) in [5, 5.41) is 0. The maximum Gasteiger partial charge on any atom is 0.228 e. The van der Waals surface area contributed by atoms with Crippen LogP contribution in [0.5, 0.6) is 0 Å². The lowest BCUT2D eigenvalue weighted by Gasteiger charge is -2.04. The molecule has 0 N–H and O–H groups in total. The van der Waals surface area contributed by atoms with Gasteiger partial charge in [0.2, 0.25) is 19.0 Å². The number of para-hydroxylation sites is 1. The molecule has 3 aromatic rings. The van der Waals surface area contributed by atoms with Crippen molar-refractivity contribution in [2.45, 2.75) is 65.7 Å². The number of fused-ring (bicyclic) bond motifs is 2. The molecule has 4 nitrogen and oxygen atoms in total. The monoisotopic (exact) mass is 416 g/mol. The van der Waals surface area contributed by atoms with E-state index in [1.807, 2.05) is 0 Å². The van der Waals surface area contributed by atoms with Crippen LogP contribution in [0.2, 0.25) is 0 Å². The van der Waals surface area contributed by atoms with Gasteiger partial charge in [-0.1, -0.05) is 51.3 Å². The fourth-order valence-corrected chi connectivity index (χ4v) is 4.43. The first-order valence-electron chi connectivity index (χ1n) is 11.9. The highest BCUT2D eigenvalue weighted by molar-refractivity contribution is 5.75. The molecule has 1 aromatic carbocycles. The molecule has 162 valence electrons. The highest BCUT2D eigenvalue weighted by Crippen LogP contribution is 2.23. The van der Waals surface area contributed by atoms with E-state index in [1.165, 1.54) is 61.3 Å². The zero-order valence-corrected chi connectivity index (χ0v) is 19.1. The third-order valence-corrected chi connectivity index (χ3v) is 6.09. The number of unbranched alkanes of at least 4 members (excludes halogenated alkanes) is 3. The molecule has 31 heavy (non-hydrogen) atoms. The summed E-state index contributed by atoms with van der Waals surface area (Å²) in [7, 11) is 0. The van der Waals surface area contributed by atoms with Gasteiger partial charge in [0.15, 0.2) is 12.4 Å². The summed E-state index contributed by atoms with van der Waals surface area (Å²) in [6.45, 7) is 7.68. The van der Waals surface area contributed by atoms with Crippen molar-refractivity contribution in [1.82, 2.24) is 9.13 Å². The number of hydrogen-bond donors (Lipinski definition) is 0. The molecule has 0 amide bonds. The fraction of sp³-hybridized carbons (Fsp3) is 0.407. The van der Waals surface area contributed by atoms with E-state index in [-0.39, 0.29) is 0 Å². The third kappa shape index (κ3) is 5.25. The van der Waals surface area contributed by atoms with Crippen LogP contribution < -0.4 is 0 Å². The van der Waals surface area contributed by atoms with Crippen molar-refractivity contribution in [3.8, 4) is 0 Å². The zero-order chi connectivity index (χ0) is 21.5. The van der Waals surface area contributed by atoms with Crippen molar-refractivity contribution in [3.05, 3.63) is 77.9 Å². The van der Waals surface area contributed by atoms with Crippen molar-refractivity contribution in [2.75, 3.05) is 6.54 Å². The fourth-order valence-electron chi connectivity index (χ4n) is 4.43. The van der Waals surface area contributed by atoms with Gasteiger partial charge in [0.1, 0.15) is 17.9 Å². The van der Waals surface area contributed by atoms with E-state index in [0.717, 1.165) is 19.8 Å². The van der Waals surface area contributed by atoms with Crippen LogP contribution in [0, 0.1) is 0 Å². The predicted octanol–water partition coefficient (Wildman–Crippen LogP) is 5.65. The van der Waals surface area contributed by atoms with E-state index in [4.69, 9.17) is 0 Å². The molecular formula is C27H36N4+2. The Hall–Kier alpha value is -2.88. The van der Waals surface area contributed by atoms with Crippen LogP contribution in [0.25, 0.3) is 0 Å². The van der Waals surface area contributed by atoms with E-state index in [9.17, 15) is 0 Å². The molecule has 2 aliphatic rings. The quantitative estimate of drug-likeness (QED) is 0.333. The Morgan fingerprint density at radius 3 is 2.19 bits per heavy atom. The highest BCUT2D eigenvalue weighted by atomic mass is 15.2. The largest absolute Gasteiger partial charge is 0.287 e. The van der Waals surface area contributed by atoms with Crippen LogP contribution in [0.1, 0.15) is 62.9 Å². The average Bonchev–Trinajstić information content (AvgIpc) is 3.53. The van der Waals surface area contributed by atoms with Crippen LogP contribution in [0.4, 0.5) is 5.69 Å². The van der Waals surface area contributed by atoms with Crippen molar-refractivity contribution >= 4 is 18.1 Å². The van der Waals surface area contributed by atoms with Gasteiger partial charge in [0.25, 0.3) is 0 Å². The molecule has 5 rings (SSSR count). The zero-order valence-electron chi connectivity index (χ0n) is 19.1. The minimum atomic E-state index is 0.934. The van der Waals surface area contributed by atoms with Crippen molar-refractivity contribution < 1.29 is 9.15 Å². The van der Waals surface area contributed by atoms with Crippen molar-refractivity contribution in [2.24, 2.45) is 0 Å². The normalized spacial score (nSPS) is 13.9. The predicted molar refractivity (Wildman–Crippen MR) is 129 cm³/mol. The van der Waals surface area contributed by atoms with Gasteiger partial charge in [-0.15, -0.1) is 0 Å². The Labute approximate surface area is 186 Å². The first-order valence-corrected chi connectivity index (χ1v) is 11.9. The van der Waals surface area contributed by atoms with Gasteiger partial charge in [0.05, 0.1) is 0 Å². The molecule has 2 aliphatic heterocycles. The minimum Gasteiger partial charge on any atom is -0.287 e. The smallest absolute Gasteiger partial charge is 0.228 e. The van der Waals surface area contributed by atoms with Crippen LogP contribution in [0.3, 0.4) is 0 Å². The molecule has 0 spiro atoms. The molecule has 4 heterocycles. The highest BCUT2D eigenvalue weighted by Gasteiger charge is 2.21. The molecule has 0 saturated carbocycles. The van der Waals surface area contributed by atoms with Gasteiger partial charge in [-0.2, -0.15) is 4.58 Å². The lowest BCUT2D eigenvalue weighted by atomic mass is 10.1. The van der Waals surface area contributed by atoms with E-state index in [2.05, 4.69) is 105 Å². The number of rotatable bonds is 8. The van der Waals surface area contributed by atoms with Crippen molar-refractivity contribution in [3.63, 3.8) is 0 Å². The van der Waals surface area contributed by atoms with Crippen LogP contribution >= 0.6 is 0 Å². The molecular weight excluding hydrogens is 380 g/mol. The number of hydrogen-bond acceptors (Lipinski definition) is 0. The standard InChI is InChI=1S/C15H17N2.C12H19N2/c1-2-6-13-7-3-4-9-15(13)17-11-14-8-5-10-16(14)12-17;1-2-3-4-5-8-13-10-12-7-6-9-14(12)11-13/h3-5,7-11H,2,6,12H2,1H3;6-7,9-10H,2-5,8,11H2,1H3/q2*+1. The molecule has 0 bridgehead atoms. The van der Waals surface area contributed by atoms with Gasteiger partial charge in [-0.25, -0.2) is 4.58 Å². The number of aryl methyl sites for hydroxylation is 1. The average molecular weight is 417 g/mol. The lowest BCUT2D eigenvalue weighted by molar-refractivity contribution is -0.548. The topological polar surface area (TPSA) is 15.9 Å². The Morgan fingerprint density at radius 1 is 0.742 bits per heavy atom. The molecule has 4 heteroatoms. The third-order valence-electron chi connectivity index (χ3n) is 6.09. The molecule has 0 radical (unpaired) electrons. The van der Waals surface area contributed by atoms with E-state index in [1.54, 1.807) is 0 Å². The maximum absolute atomic E-state index is 2.41. The number of aromatic nitrogens is 2. The van der Waals surface area contributed by atoms with E-state index in [0.29, 0.717) is 0 Å². The summed E-state index contributed by atoms with van der Waals surface area (Å²) in [4.78, 5) is 0. The molecule has 2 aromatic heterocycles. The molecule has 0 atom stereocenters. The Morgan fingerprint density at radius 2 is 1.48 bits per heavy atom. The second-order valence-electron chi connectivity index (χ2n) is 8.57. The van der Waals surface area contributed by atoms with E-state index >= 15 is 0 Å². The Balaban J connectivity index is 0.000000152. The summed E-state index contributed by atoms with van der Waals surface area (Å²) in [6.07, 6.45) is 16.5. The Kier molecular flexibility index (Phi) is 7.18. The lowest BCUT2D eigenvalue weighted by Crippen LogP contribution is -2.11. The summed E-state index contributed by atoms with van der Waals surface area (Å²) < 4.78 is 9.30. The van der Waals surface area contributed by atoms with E-state index < -0.39 is 0 Å². The number of benzene rings is 1. The van der Waals surface area contributed by atoms with Gasteiger partial charge >= 0.3 is 0 Å². The van der Waals surface area contributed by atoms with Gasteiger partial charge in [-0.3, -0.25) is 9.13 Å². The second kappa shape index (κ2) is 10.4. The minimum absolute atomic E-state index is 0.934. The number of nitrogens with zero attached hydrogens (tertiary/aromatic N) is 4. The van der Waals surface area contributed by atoms with Gasteiger partial charge in [-0.05, 0) is 37.1 Å². The summed E-state index contributed by atoms with van der Waals surface area (Å²) in [6, 6.07) is 17.2. The summed E-state index contributed by atoms with van der Waals surface area (Å²) in [5.41, 5.74) is 5.42. The van der Waals surface area contributed by atoms with Gasteiger partial charge < -0.3 is 0 Å².